The lowest BCUT2D eigenvalue weighted by molar-refractivity contribution is -0.188. The smallest absolute Gasteiger partial charge is 0.410 e. The number of amides is 1. The van der Waals surface area contributed by atoms with E-state index in [1.807, 2.05) is 0 Å². The fourth-order valence-electron chi connectivity index (χ4n) is 3.99. The van der Waals surface area contributed by atoms with Crippen LogP contribution in [0.3, 0.4) is 0 Å². The number of hydrogen-bond acceptors (Lipinski definition) is 5. The Kier molecular flexibility index (Phi) is 7.80. The molecule has 2 aliphatic rings. The minimum absolute atomic E-state index is 0.00659. The van der Waals surface area contributed by atoms with Gasteiger partial charge in [-0.1, -0.05) is 0 Å². The molecule has 0 aromatic carbocycles. The first-order valence-electron chi connectivity index (χ1n) is 9.61. The normalized spacial score (nSPS) is 31.3. The van der Waals surface area contributed by atoms with Crippen LogP contribution in [0.5, 0.6) is 0 Å². The van der Waals surface area contributed by atoms with Crippen LogP contribution in [0, 0.1) is 5.92 Å². The van der Waals surface area contributed by atoms with E-state index in [9.17, 15) is 26.4 Å². The molecule has 1 saturated heterocycles. The first kappa shape index (κ1) is 24.2. The number of carbonyl (C=O) groups is 1. The van der Waals surface area contributed by atoms with Gasteiger partial charge in [-0.15, -0.1) is 0 Å². The minimum atomic E-state index is -4.19. The second kappa shape index (κ2) is 9.36. The summed E-state index contributed by atoms with van der Waals surface area (Å²) >= 11 is 0. The number of nitrogens with one attached hydrogen (secondary N) is 1. The number of alkyl halides is 3. The van der Waals surface area contributed by atoms with E-state index in [4.69, 9.17) is 9.47 Å². The zero-order valence-electron chi connectivity index (χ0n) is 17.1. The Morgan fingerprint density at radius 3 is 2.28 bits per heavy atom. The van der Waals surface area contributed by atoms with Gasteiger partial charge in [0, 0.05) is 26.2 Å². The maximum Gasteiger partial charge on any atom is 0.410 e. The molecule has 29 heavy (non-hydrogen) atoms. The first-order valence-corrected chi connectivity index (χ1v) is 11.0. The highest BCUT2D eigenvalue weighted by Crippen LogP contribution is 2.38. The maximum atomic E-state index is 12.8. The molecule has 0 aromatic rings. The standard InChI is InChI=1S/C17H30F3N3O5S/c1-11-9-14(21-29(25,26)22(2)3)15(23(11)16(24)27-4)10-28-13-7-5-12(6-8-13)17(18,19)20/h11-15,21H,5-10H2,1-4H3/t11-,12?,13?,14+,15+/m1/s1. The van der Waals surface area contributed by atoms with E-state index in [-0.39, 0.29) is 44.4 Å². The van der Waals surface area contributed by atoms with Gasteiger partial charge in [0.05, 0.1) is 31.8 Å². The predicted octanol–water partition coefficient (Wildman–Crippen LogP) is 2.12. The molecule has 1 heterocycles. The second-order valence-electron chi connectivity index (χ2n) is 7.89. The number of rotatable bonds is 6. The summed E-state index contributed by atoms with van der Waals surface area (Å²) in [5.74, 6) is -1.31. The van der Waals surface area contributed by atoms with E-state index < -0.39 is 40.5 Å². The molecule has 1 N–H and O–H groups in total. The molecule has 2 rings (SSSR count). The molecule has 3 atom stereocenters. The lowest BCUT2D eigenvalue weighted by Gasteiger charge is -2.33. The van der Waals surface area contributed by atoms with Crippen LogP contribution >= 0.6 is 0 Å². The molecule has 1 amide bonds. The third-order valence-electron chi connectivity index (χ3n) is 5.70. The maximum absolute atomic E-state index is 12.8. The number of halogens is 3. The molecule has 1 aliphatic heterocycles. The molecular weight excluding hydrogens is 415 g/mol. The molecule has 0 radical (unpaired) electrons. The number of ether oxygens (including phenoxy) is 2. The topological polar surface area (TPSA) is 88.2 Å². The van der Waals surface area contributed by atoms with Gasteiger partial charge in [-0.05, 0) is 39.0 Å². The lowest BCUT2D eigenvalue weighted by atomic mass is 9.87. The van der Waals surface area contributed by atoms with Crippen molar-refractivity contribution in [3.8, 4) is 0 Å². The number of nitrogens with zero attached hydrogens (tertiary/aromatic N) is 2. The summed E-state index contributed by atoms with van der Waals surface area (Å²) < 4.78 is 77.3. The second-order valence-corrected chi connectivity index (χ2v) is 9.81. The Hall–Kier alpha value is -1.11. The summed E-state index contributed by atoms with van der Waals surface area (Å²) in [5, 5.41) is 0. The molecule has 12 heteroatoms. The molecule has 8 nitrogen and oxygen atoms in total. The van der Waals surface area contributed by atoms with Crippen molar-refractivity contribution >= 4 is 16.3 Å². The molecule has 2 fully saturated rings. The Balaban J connectivity index is 2.05. The monoisotopic (exact) mass is 445 g/mol. The van der Waals surface area contributed by atoms with Crippen molar-refractivity contribution in [2.24, 2.45) is 5.92 Å². The van der Waals surface area contributed by atoms with Crippen molar-refractivity contribution in [3.05, 3.63) is 0 Å². The zero-order chi connectivity index (χ0) is 22.0. The van der Waals surface area contributed by atoms with Crippen molar-refractivity contribution in [2.45, 2.75) is 69.4 Å². The van der Waals surface area contributed by atoms with Gasteiger partial charge in [-0.25, -0.2) is 4.79 Å². The largest absolute Gasteiger partial charge is 0.453 e. The summed E-state index contributed by atoms with van der Waals surface area (Å²) in [6.07, 6.45) is -4.20. The van der Waals surface area contributed by atoms with Crippen LogP contribution in [0.4, 0.5) is 18.0 Å². The van der Waals surface area contributed by atoms with Crippen LogP contribution in [0.2, 0.25) is 0 Å². The van der Waals surface area contributed by atoms with Gasteiger partial charge in [-0.2, -0.15) is 30.6 Å². The van der Waals surface area contributed by atoms with Gasteiger partial charge >= 0.3 is 12.3 Å². The Morgan fingerprint density at radius 2 is 1.79 bits per heavy atom. The van der Waals surface area contributed by atoms with Crippen molar-refractivity contribution in [2.75, 3.05) is 27.8 Å². The highest BCUT2D eigenvalue weighted by atomic mass is 32.2. The molecule has 0 spiro atoms. The van der Waals surface area contributed by atoms with Gasteiger partial charge < -0.3 is 9.47 Å². The fourth-order valence-corrected chi connectivity index (χ4v) is 4.84. The van der Waals surface area contributed by atoms with Gasteiger partial charge in [0.15, 0.2) is 0 Å². The summed E-state index contributed by atoms with van der Waals surface area (Å²) in [7, 11) is 0.287. The quantitative estimate of drug-likeness (QED) is 0.677. The first-order chi connectivity index (χ1) is 13.4. The summed E-state index contributed by atoms with van der Waals surface area (Å²) in [6, 6.07) is -1.50. The van der Waals surface area contributed by atoms with Crippen LogP contribution < -0.4 is 4.72 Å². The average Bonchev–Trinajstić information content (AvgIpc) is 2.93. The molecule has 170 valence electrons. The number of carbonyl (C=O) groups excluding carboxylic acids is 1. The molecule has 1 aliphatic carbocycles. The van der Waals surface area contributed by atoms with E-state index in [1.54, 1.807) is 6.92 Å². The number of hydrogen-bond donors (Lipinski definition) is 1. The van der Waals surface area contributed by atoms with Crippen molar-refractivity contribution in [1.29, 1.82) is 0 Å². The molecule has 0 bridgehead atoms. The SMILES string of the molecule is COC(=O)N1[C@H](C)C[C@H](NS(=O)(=O)N(C)C)[C@@H]1COC1CCC(C(F)(F)F)CC1. The van der Waals surface area contributed by atoms with E-state index in [0.29, 0.717) is 6.42 Å². The van der Waals surface area contributed by atoms with Crippen LogP contribution in [-0.4, -0.2) is 81.9 Å². The van der Waals surface area contributed by atoms with E-state index in [2.05, 4.69) is 4.72 Å². The van der Waals surface area contributed by atoms with Crippen LogP contribution in [-0.2, 0) is 19.7 Å². The fraction of sp³-hybridized carbons (Fsp3) is 0.941. The predicted molar refractivity (Wildman–Crippen MR) is 99.4 cm³/mol. The van der Waals surface area contributed by atoms with Gasteiger partial charge in [0.1, 0.15) is 0 Å². The highest BCUT2D eigenvalue weighted by molar-refractivity contribution is 7.87. The van der Waals surface area contributed by atoms with Crippen molar-refractivity contribution in [3.63, 3.8) is 0 Å². The van der Waals surface area contributed by atoms with Gasteiger partial charge in [0.2, 0.25) is 0 Å². The van der Waals surface area contributed by atoms with E-state index >= 15 is 0 Å². The Bertz CT molecular complexity index is 666. The Labute approximate surface area is 169 Å². The molecule has 0 unspecified atom stereocenters. The highest BCUT2D eigenvalue weighted by Gasteiger charge is 2.45. The molecule has 1 saturated carbocycles. The van der Waals surface area contributed by atoms with Crippen LogP contribution in [0.25, 0.3) is 0 Å². The molecule has 0 aromatic heterocycles. The summed E-state index contributed by atoms with van der Waals surface area (Å²) in [6.45, 7) is 1.80. The summed E-state index contributed by atoms with van der Waals surface area (Å²) in [5.41, 5.74) is 0. The third kappa shape index (κ3) is 5.96. The van der Waals surface area contributed by atoms with E-state index in [0.717, 1.165) is 4.31 Å². The van der Waals surface area contributed by atoms with Crippen molar-refractivity contribution in [1.82, 2.24) is 13.9 Å². The minimum Gasteiger partial charge on any atom is -0.453 e. The van der Waals surface area contributed by atoms with Gasteiger partial charge in [-0.3, -0.25) is 4.90 Å². The zero-order valence-corrected chi connectivity index (χ0v) is 17.9. The lowest BCUT2D eigenvalue weighted by Crippen LogP contribution is -2.52. The third-order valence-corrected chi connectivity index (χ3v) is 7.26. The number of methoxy groups -OCH3 is 1. The Morgan fingerprint density at radius 1 is 1.21 bits per heavy atom. The van der Waals surface area contributed by atoms with Crippen LogP contribution in [0.1, 0.15) is 39.0 Å². The van der Waals surface area contributed by atoms with E-state index in [1.165, 1.54) is 26.1 Å². The summed E-state index contributed by atoms with van der Waals surface area (Å²) in [4.78, 5) is 13.7. The van der Waals surface area contributed by atoms with Crippen LogP contribution in [0.15, 0.2) is 0 Å². The number of likely N-dealkylation sites (tertiary alicyclic amines) is 1. The van der Waals surface area contributed by atoms with Gasteiger partial charge in [0.25, 0.3) is 10.2 Å². The molecular formula is C17H30F3N3O5S. The van der Waals surface area contributed by atoms with Crippen molar-refractivity contribution < 1.29 is 35.9 Å². The average molecular weight is 446 g/mol.